The maximum Gasteiger partial charge on any atom is 0.329 e. The van der Waals surface area contributed by atoms with E-state index in [1.165, 1.54) is 21.0 Å². The number of esters is 1. The van der Waals surface area contributed by atoms with Gasteiger partial charge < -0.3 is 30.7 Å². The van der Waals surface area contributed by atoms with E-state index in [2.05, 4.69) is 37.8 Å². The van der Waals surface area contributed by atoms with Crippen LogP contribution in [0.2, 0.25) is 0 Å². The fraction of sp³-hybridized carbons (Fsp3) is 0.519. The van der Waals surface area contributed by atoms with E-state index in [1.54, 1.807) is 6.92 Å². The summed E-state index contributed by atoms with van der Waals surface area (Å²) in [6.45, 7) is 6.74. The SMILES string of the molecule is CCOC[C@@H](Cc1ccccc1)NC(=O)[C@@H](C)NC(=O)C(CC#CCC(NC(C)=O)C(=O)OC)NC(C)=O.[HH].[HH].[HH].[HH]. The van der Waals surface area contributed by atoms with Gasteiger partial charge in [0.05, 0.1) is 19.8 Å². The zero-order chi connectivity index (χ0) is 28.5. The molecule has 0 radical (unpaired) electrons. The zero-order valence-corrected chi connectivity index (χ0v) is 22.6. The minimum Gasteiger partial charge on any atom is -0.467 e. The molecule has 0 aromatic heterocycles. The lowest BCUT2D eigenvalue weighted by Gasteiger charge is -2.23. The van der Waals surface area contributed by atoms with Crippen LogP contribution in [0.1, 0.15) is 51.8 Å². The molecular formula is C27H46N4O7. The van der Waals surface area contributed by atoms with Gasteiger partial charge in [-0.15, -0.1) is 11.8 Å². The van der Waals surface area contributed by atoms with Crippen LogP contribution in [-0.4, -0.2) is 74.1 Å². The predicted octanol–water partition coefficient (Wildman–Crippen LogP) is 1.21. The van der Waals surface area contributed by atoms with Gasteiger partial charge in [-0.2, -0.15) is 0 Å². The minimum atomic E-state index is -1.03. The summed E-state index contributed by atoms with van der Waals surface area (Å²) in [6, 6.07) is 6.48. The Morgan fingerprint density at radius 1 is 0.868 bits per heavy atom. The summed E-state index contributed by atoms with van der Waals surface area (Å²) >= 11 is 0. The Hall–Kier alpha value is -3.91. The predicted molar refractivity (Wildman–Crippen MR) is 149 cm³/mol. The monoisotopic (exact) mass is 538 g/mol. The van der Waals surface area contributed by atoms with Crippen molar-refractivity contribution in [2.24, 2.45) is 0 Å². The third kappa shape index (κ3) is 12.9. The van der Waals surface area contributed by atoms with Gasteiger partial charge in [0.25, 0.3) is 0 Å². The lowest BCUT2D eigenvalue weighted by Crippen LogP contribution is -2.54. The average molecular weight is 539 g/mol. The summed E-state index contributed by atoms with van der Waals surface area (Å²) in [5.41, 5.74) is 1.03. The lowest BCUT2D eigenvalue weighted by atomic mass is 10.1. The highest BCUT2D eigenvalue weighted by atomic mass is 16.5. The third-order valence-corrected chi connectivity index (χ3v) is 5.24. The molecule has 0 fully saturated rings. The Bertz CT molecular complexity index is 1020. The molecule has 2 unspecified atom stereocenters. The highest BCUT2D eigenvalue weighted by Crippen LogP contribution is 2.05. The smallest absolute Gasteiger partial charge is 0.329 e. The standard InChI is InChI=1S/C27H38N4O7.4H2/c1-6-38-17-22(16-21-12-8-7-9-13-21)31-25(34)18(2)28-26(35)23(29-19(3)32)14-10-11-15-24(27(36)37-5)30-20(4)33;;;;/h7-9,12-13,18,22-24H,6,14-17H2,1-5H3,(H,28,35)(H,29,32)(H,30,33)(H,31,34);4*1H/t18-,22-,23?,24?;;;;/m1..../s1. The summed E-state index contributed by atoms with van der Waals surface area (Å²) in [5.74, 6) is 2.95. The van der Waals surface area contributed by atoms with E-state index in [-0.39, 0.29) is 24.6 Å². The normalized spacial score (nSPS) is 13.4. The van der Waals surface area contributed by atoms with Crippen molar-refractivity contribution in [1.82, 2.24) is 21.3 Å². The highest BCUT2D eigenvalue weighted by molar-refractivity contribution is 5.91. The molecule has 0 heterocycles. The van der Waals surface area contributed by atoms with Crippen LogP contribution < -0.4 is 21.3 Å². The average Bonchev–Trinajstić information content (AvgIpc) is 2.87. The number of ether oxygens (including phenoxy) is 2. The van der Waals surface area contributed by atoms with Crippen LogP contribution in [0.25, 0.3) is 0 Å². The quantitative estimate of drug-likeness (QED) is 0.205. The maximum atomic E-state index is 12.8. The van der Waals surface area contributed by atoms with E-state index in [4.69, 9.17) is 4.74 Å². The van der Waals surface area contributed by atoms with Crippen molar-refractivity contribution in [2.75, 3.05) is 20.3 Å². The molecule has 1 aromatic rings. The Morgan fingerprint density at radius 3 is 2.00 bits per heavy atom. The summed E-state index contributed by atoms with van der Waals surface area (Å²) in [5, 5.41) is 10.5. The number of carbonyl (C=O) groups excluding carboxylic acids is 5. The molecule has 4 N–H and O–H groups in total. The molecule has 0 aliphatic carbocycles. The summed E-state index contributed by atoms with van der Waals surface area (Å²) in [4.78, 5) is 60.4. The number of hydrogen-bond acceptors (Lipinski definition) is 7. The van der Waals surface area contributed by atoms with Crippen LogP contribution >= 0.6 is 0 Å². The molecule has 4 amide bonds. The van der Waals surface area contributed by atoms with Gasteiger partial charge in [0.2, 0.25) is 23.6 Å². The third-order valence-electron chi connectivity index (χ3n) is 5.24. The summed E-state index contributed by atoms with van der Waals surface area (Å²) < 4.78 is 10.2. The van der Waals surface area contributed by atoms with Crippen LogP contribution in [0, 0.1) is 11.8 Å². The van der Waals surface area contributed by atoms with E-state index < -0.39 is 47.7 Å². The summed E-state index contributed by atoms with van der Waals surface area (Å²) in [7, 11) is 1.19. The van der Waals surface area contributed by atoms with Crippen LogP contribution in [0.3, 0.4) is 0 Å². The van der Waals surface area contributed by atoms with Crippen molar-refractivity contribution >= 4 is 29.6 Å². The van der Waals surface area contributed by atoms with Crippen molar-refractivity contribution in [3.63, 3.8) is 0 Å². The van der Waals surface area contributed by atoms with Crippen molar-refractivity contribution in [2.45, 2.75) is 71.1 Å². The van der Waals surface area contributed by atoms with Gasteiger partial charge in [-0.05, 0) is 25.8 Å². The molecule has 1 rings (SSSR count). The largest absolute Gasteiger partial charge is 0.467 e. The molecule has 0 aliphatic rings. The lowest BCUT2D eigenvalue weighted by molar-refractivity contribution is -0.144. The fourth-order valence-corrected chi connectivity index (χ4v) is 3.40. The Kier molecular flexibility index (Phi) is 14.8. The van der Waals surface area contributed by atoms with Gasteiger partial charge in [-0.25, -0.2) is 4.79 Å². The number of rotatable bonds is 14. The molecule has 11 heteroatoms. The molecule has 0 bridgehead atoms. The second-order valence-corrected chi connectivity index (χ2v) is 8.58. The van der Waals surface area contributed by atoms with Crippen LogP contribution in [-0.2, 0) is 39.9 Å². The first-order valence-electron chi connectivity index (χ1n) is 12.4. The van der Waals surface area contributed by atoms with Gasteiger partial charge >= 0.3 is 5.97 Å². The molecular weight excluding hydrogens is 492 g/mol. The molecule has 0 aliphatic heterocycles. The number of amides is 4. The molecule has 1 aromatic carbocycles. The Labute approximate surface area is 229 Å². The highest BCUT2D eigenvalue weighted by Gasteiger charge is 2.25. The topological polar surface area (TPSA) is 152 Å². The Balaban J connectivity index is -0.00000180. The van der Waals surface area contributed by atoms with Crippen molar-refractivity contribution in [1.29, 1.82) is 0 Å². The minimum absolute atomic E-state index is 0. The molecule has 11 nitrogen and oxygen atoms in total. The first kappa shape index (κ1) is 32.1. The van der Waals surface area contributed by atoms with Crippen LogP contribution in [0.15, 0.2) is 30.3 Å². The second kappa shape index (κ2) is 17.5. The van der Waals surface area contributed by atoms with Gasteiger partial charge in [-0.3, -0.25) is 19.2 Å². The molecule has 0 saturated carbocycles. The van der Waals surface area contributed by atoms with Crippen molar-refractivity contribution in [3.05, 3.63) is 35.9 Å². The molecule has 216 valence electrons. The van der Waals surface area contributed by atoms with Crippen molar-refractivity contribution < 1.29 is 39.2 Å². The van der Waals surface area contributed by atoms with Crippen LogP contribution in [0.4, 0.5) is 0 Å². The number of hydrogen-bond donors (Lipinski definition) is 4. The maximum absolute atomic E-state index is 12.8. The molecule has 0 spiro atoms. The summed E-state index contributed by atoms with van der Waals surface area (Å²) in [6.07, 6.45) is 0.444. The number of methoxy groups -OCH3 is 1. The van der Waals surface area contributed by atoms with Gasteiger partial charge in [0, 0.05) is 39.0 Å². The number of benzene rings is 1. The van der Waals surface area contributed by atoms with E-state index >= 15 is 0 Å². The van der Waals surface area contributed by atoms with Gasteiger partial charge in [-0.1, -0.05) is 30.3 Å². The molecule has 38 heavy (non-hydrogen) atoms. The Morgan fingerprint density at radius 2 is 1.45 bits per heavy atom. The first-order chi connectivity index (χ1) is 18.1. The zero-order valence-electron chi connectivity index (χ0n) is 22.6. The molecule has 4 atom stereocenters. The molecule has 0 saturated heterocycles. The van der Waals surface area contributed by atoms with E-state index in [1.807, 2.05) is 37.3 Å². The van der Waals surface area contributed by atoms with E-state index in [0.717, 1.165) is 5.56 Å². The first-order valence-corrected chi connectivity index (χ1v) is 12.4. The van der Waals surface area contributed by atoms with Crippen LogP contribution in [0.5, 0.6) is 0 Å². The second-order valence-electron chi connectivity index (χ2n) is 8.58. The fourth-order valence-electron chi connectivity index (χ4n) is 3.40. The van der Waals surface area contributed by atoms with E-state index in [9.17, 15) is 24.0 Å². The number of carbonyl (C=O) groups is 5. The van der Waals surface area contributed by atoms with Gasteiger partial charge in [0.1, 0.15) is 18.1 Å². The number of nitrogens with one attached hydrogen (secondary N) is 4. The van der Waals surface area contributed by atoms with Crippen molar-refractivity contribution in [3.8, 4) is 11.8 Å². The van der Waals surface area contributed by atoms with E-state index in [0.29, 0.717) is 19.6 Å². The van der Waals surface area contributed by atoms with Gasteiger partial charge in [0.15, 0.2) is 0 Å².